The third kappa shape index (κ3) is 4.06. The summed E-state index contributed by atoms with van der Waals surface area (Å²) < 4.78 is 15.1. The Hall–Kier alpha value is -2.82. The molecule has 1 fully saturated rings. The normalized spacial score (nSPS) is 15.4. The van der Waals surface area contributed by atoms with Crippen LogP contribution in [0.25, 0.3) is 11.2 Å². The number of para-hydroxylation sites is 1. The Morgan fingerprint density at radius 1 is 1.19 bits per heavy atom. The number of benzene rings is 1. The van der Waals surface area contributed by atoms with Gasteiger partial charge in [0.05, 0.1) is 24.8 Å². The summed E-state index contributed by atoms with van der Waals surface area (Å²) in [6.07, 6.45) is -0.949. The van der Waals surface area contributed by atoms with Gasteiger partial charge < -0.3 is 24.0 Å². The summed E-state index contributed by atoms with van der Waals surface area (Å²) >= 11 is 6.11. The molecule has 4 rings (SSSR count). The molecule has 1 saturated heterocycles. The summed E-state index contributed by atoms with van der Waals surface area (Å²) in [5.41, 5.74) is -0.403. The second-order valence-corrected chi connectivity index (χ2v) is 7.80. The van der Waals surface area contributed by atoms with Gasteiger partial charge in [0, 0.05) is 27.2 Å². The van der Waals surface area contributed by atoms with Crippen molar-refractivity contribution in [1.82, 2.24) is 18.7 Å². The van der Waals surface area contributed by atoms with E-state index in [0.717, 1.165) is 4.57 Å². The molecular formula is C20H24ClN5O5. The van der Waals surface area contributed by atoms with E-state index in [1.54, 1.807) is 35.9 Å². The topological polar surface area (TPSA) is 104 Å². The van der Waals surface area contributed by atoms with Crippen molar-refractivity contribution in [2.45, 2.75) is 12.6 Å². The quantitative estimate of drug-likeness (QED) is 0.579. The lowest BCUT2D eigenvalue weighted by molar-refractivity contribution is 0.0927. The molecule has 11 heteroatoms. The van der Waals surface area contributed by atoms with E-state index in [0.29, 0.717) is 43.0 Å². The minimum atomic E-state index is -0.949. The molecule has 166 valence electrons. The van der Waals surface area contributed by atoms with Crippen molar-refractivity contribution in [3.05, 3.63) is 50.1 Å². The molecule has 1 aromatic carbocycles. The molecule has 0 aliphatic carbocycles. The number of aliphatic hydroxyl groups is 1. The van der Waals surface area contributed by atoms with Crippen molar-refractivity contribution in [1.29, 1.82) is 0 Å². The van der Waals surface area contributed by atoms with Gasteiger partial charge in [-0.15, -0.1) is 0 Å². The van der Waals surface area contributed by atoms with Gasteiger partial charge in [0.1, 0.15) is 18.5 Å². The summed E-state index contributed by atoms with van der Waals surface area (Å²) in [7, 11) is 2.99. The monoisotopic (exact) mass is 449 g/mol. The Bertz CT molecular complexity index is 1210. The lowest BCUT2D eigenvalue weighted by atomic mass is 10.3. The van der Waals surface area contributed by atoms with Crippen molar-refractivity contribution >= 4 is 28.7 Å². The average Bonchev–Trinajstić information content (AvgIpc) is 3.15. The van der Waals surface area contributed by atoms with Crippen molar-refractivity contribution in [3.8, 4) is 5.75 Å². The summed E-state index contributed by atoms with van der Waals surface area (Å²) in [5, 5.41) is 11.1. The molecule has 3 aromatic rings. The standard InChI is InChI=1S/C20H24ClN5O5/c1-23-17-16(18(28)24(2)20(23)29)26(19(22-17)25-7-9-30-10-8-25)11-13(27)12-31-15-6-4-3-5-14(15)21/h3-6,13,27H,7-12H2,1-2H3. The Morgan fingerprint density at radius 3 is 2.61 bits per heavy atom. The molecule has 1 aliphatic rings. The first-order valence-corrected chi connectivity index (χ1v) is 10.3. The zero-order chi connectivity index (χ0) is 22.1. The minimum Gasteiger partial charge on any atom is -0.489 e. The van der Waals surface area contributed by atoms with E-state index in [2.05, 4.69) is 4.98 Å². The number of imidazole rings is 1. The number of halogens is 1. The number of ether oxygens (including phenoxy) is 2. The lowest BCUT2D eigenvalue weighted by Crippen LogP contribution is -2.39. The fourth-order valence-corrected chi connectivity index (χ4v) is 3.81. The maximum Gasteiger partial charge on any atom is 0.332 e. The number of anilines is 1. The van der Waals surface area contributed by atoms with E-state index in [1.807, 2.05) is 4.90 Å². The number of aryl methyl sites for hydroxylation is 1. The molecule has 1 atom stereocenters. The maximum atomic E-state index is 12.9. The predicted molar refractivity (Wildman–Crippen MR) is 116 cm³/mol. The van der Waals surface area contributed by atoms with Crippen LogP contribution in [0.5, 0.6) is 5.75 Å². The van der Waals surface area contributed by atoms with Crippen LogP contribution in [0.15, 0.2) is 33.9 Å². The number of nitrogens with zero attached hydrogens (tertiary/aromatic N) is 5. The maximum absolute atomic E-state index is 12.9. The Balaban J connectivity index is 1.71. The first kappa shape index (κ1) is 21.4. The van der Waals surface area contributed by atoms with E-state index >= 15 is 0 Å². The van der Waals surface area contributed by atoms with Crippen molar-refractivity contribution in [2.24, 2.45) is 14.1 Å². The van der Waals surface area contributed by atoms with E-state index < -0.39 is 17.4 Å². The van der Waals surface area contributed by atoms with Gasteiger partial charge in [0.25, 0.3) is 5.56 Å². The molecule has 10 nitrogen and oxygen atoms in total. The summed E-state index contributed by atoms with van der Waals surface area (Å²) in [6.45, 7) is 2.25. The van der Waals surface area contributed by atoms with Crippen molar-refractivity contribution < 1.29 is 14.6 Å². The van der Waals surface area contributed by atoms with Crippen molar-refractivity contribution in [3.63, 3.8) is 0 Å². The van der Waals surface area contributed by atoms with Gasteiger partial charge >= 0.3 is 5.69 Å². The first-order valence-electron chi connectivity index (χ1n) is 9.92. The number of aliphatic hydroxyl groups excluding tert-OH is 1. The molecule has 2 aromatic heterocycles. The predicted octanol–water partition coefficient (Wildman–Crippen LogP) is 0.364. The molecule has 1 unspecified atom stereocenters. The highest BCUT2D eigenvalue weighted by atomic mass is 35.5. The zero-order valence-corrected chi connectivity index (χ0v) is 18.1. The fourth-order valence-electron chi connectivity index (χ4n) is 3.62. The highest BCUT2D eigenvalue weighted by Crippen LogP contribution is 2.24. The highest BCUT2D eigenvalue weighted by Gasteiger charge is 2.25. The number of hydrogen-bond acceptors (Lipinski definition) is 7. The molecule has 0 saturated carbocycles. The van der Waals surface area contributed by atoms with E-state index in [-0.39, 0.29) is 24.3 Å². The van der Waals surface area contributed by atoms with Gasteiger partial charge in [0.15, 0.2) is 11.2 Å². The fraction of sp³-hybridized carbons (Fsp3) is 0.450. The van der Waals surface area contributed by atoms with Gasteiger partial charge in [-0.3, -0.25) is 13.9 Å². The molecular weight excluding hydrogens is 426 g/mol. The molecule has 0 radical (unpaired) electrons. The van der Waals surface area contributed by atoms with Gasteiger partial charge in [-0.25, -0.2) is 4.79 Å². The molecule has 1 N–H and O–H groups in total. The van der Waals surface area contributed by atoms with Gasteiger partial charge in [-0.05, 0) is 12.1 Å². The molecule has 1 aliphatic heterocycles. The van der Waals surface area contributed by atoms with Crippen molar-refractivity contribution in [2.75, 3.05) is 37.8 Å². The molecule has 0 spiro atoms. The summed E-state index contributed by atoms with van der Waals surface area (Å²) in [6, 6.07) is 7.00. The minimum absolute atomic E-state index is 0.0297. The van der Waals surface area contributed by atoms with Gasteiger partial charge in [-0.2, -0.15) is 4.98 Å². The van der Waals surface area contributed by atoms with E-state index in [9.17, 15) is 14.7 Å². The largest absolute Gasteiger partial charge is 0.489 e. The molecule has 0 bridgehead atoms. The highest BCUT2D eigenvalue weighted by molar-refractivity contribution is 6.32. The van der Waals surface area contributed by atoms with Crippen LogP contribution in [-0.2, 0) is 25.4 Å². The third-order valence-corrected chi connectivity index (χ3v) is 5.60. The SMILES string of the molecule is Cn1c(=O)c2c(nc(N3CCOCC3)n2CC(O)COc2ccccc2Cl)n(C)c1=O. The average molecular weight is 450 g/mol. The van der Waals surface area contributed by atoms with E-state index in [1.165, 1.54) is 11.6 Å². The summed E-state index contributed by atoms with van der Waals surface area (Å²) in [5.74, 6) is 0.971. The number of aromatic nitrogens is 4. The van der Waals surface area contributed by atoms with Crippen LogP contribution in [0.4, 0.5) is 5.95 Å². The Labute approximate surface area is 182 Å². The molecule has 0 amide bonds. The van der Waals surface area contributed by atoms with Gasteiger partial charge in [0.2, 0.25) is 5.95 Å². The van der Waals surface area contributed by atoms with Crippen LogP contribution in [0.3, 0.4) is 0 Å². The van der Waals surface area contributed by atoms with Gasteiger partial charge in [-0.1, -0.05) is 23.7 Å². The lowest BCUT2D eigenvalue weighted by Gasteiger charge is -2.28. The smallest absolute Gasteiger partial charge is 0.332 e. The Kier molecular flexibility index (Phi) is 6.03. The number of morpholine rings is 1. The van der Waals surface area contributed by atoms with E-state index in [4.69, 9.17) is 21.1 Å². The number of fused-ring (bicyclic) bond motifs is 1. The van der Waals surface area contributed by atoms with Crippen LogP contribution in [-0.4, -0.2) is 62.8 Å². The second-order valence-electron chi connectivity index (χ2n) is 7.40. The second kappa shape index (κ2) is 8.74. The summed E-state index contributed by atoms with van der Waals surface area (Å²) in [4.78, 5) is 31.9. The first-order chi connectivity index (χ1) is 14.9. The number of rotatable bonds is 6. The van der Waals surface area contributed by atoms with Crippen LogP contribution < -0.4 is 20.9 Å². The van der Waals surface area contributed by atoms with Crippen LogP contribution in [0, 0.1) is 0 Å². The van der Waals surface area contributed by atoms with Crippen LogP contribution >= 0.6 is 11.6 Å². The molecule has 3 heterocycles. The molecule has 31 heavy (non-hydrogen) atoms. The van der Waals surface area contributed by atoms with Crippen LogP contribution in [0.2, 0.25) is 5.02 Å². The zero-order valence-electron chi connectivity index (χ0n) is 17.3. The number of hydrogen-bond donors (Lipinski definition) is 1. The Morgan fingerprint density at radius 2 is 1.90 bits per heavy atom. The van der Waals surface area contributed by atoms with Crippen LogP contribution in [0.1, 0.15) is 0 Å². The third-order valence-electron chi connectivity index (χ3n) is 5.28.